The highest BCUT2D eigenvalue weighted by Crippen LogP contribution is 2.14. The number of aryl methyl sites for hydroxylation is 1. The number of amides is 1. The average Bonchev–Trinajstić information content (AvgIpc) is 3.06. The molecule has 10 heteroatoms. The molecule has 0 saturated carbocycles. The zero-order valence-electron chi connectivity index (χ0n) is 14.1. The number of hydrogen-bond donors (Lipinski definition) is 2. The maximum atomic E-state index is 12.3. The molecule has 0 fully saturated rings. The van der Waals surface area contributed by atoms with Gasteiger partial charge in [0.1, 0.15) is 6.33 Å². The minimum atomic E-state index is -3.59. The first-order chi connectivity index (χ1) is 12.4. The molecule has 0 bridgehead atoms. The molecule has 136 valence electrons. The summed E-state index contributed by atoms with van der Waals surface area (Å²) in [6, 6.07) is 6.01. The molecule has 1 amide bonds. The molecule has 2 N–H and O–H groups in total. The Balaban J connectivity index is 1.53. The van der Waals surface area contributed by atoms with E-state index >= 15 is 0 Å². The van der Waals surface area contributed by atoms with Crippen LogP contribution in [0.3, 0.4) is 0 Å². The Labute approximate surface area is 150 Å². The fourth-order valence-corrected chi connectivity index (χ4v) is 3.46. The van der Waals surface area contributed by atoms with Crippen LogP contribution in [0.25, 0.3) is 5.78 Å². The van der Waals surface area contributed by atoms with Gasteiger partial charge in [0.2, 0.25) is 15.9 Å². The average molecular weight is 374 g/mol. The number of sulfonamides is 1. The number of fused-ring (bicyclic) bond motifs is 1. The highest BCUT2D eigenvalue weighted by Gasteiger charge is 2.13. The Morgan fingerprint density at radius 2 is 1.96 bits per heavy atom. The Hall–Kier alpha value is -2.85. The van der Waals surface area contributed by atoms with E-state index < -0.39 is 10.0 Å². The zero-order valence-corrected chi connectivity index (χ0v) is 14.9. The smallest absolute Gasteiger partial charge is 0.252 e. The van der Waals surface area contributed by atoms with E-state index in [1.54, 1.807) is 22.8 Å². The number of aromatic nitrogens is 4. The molecule has 2 aromatic heterocycles. The van der Waals surface area contributed by atoms with Crippen LogP contribution < -0.4 is 10.0 Å². The van der Waals surface area contributed by atoms with Crippen molar-refractivity contribution in [2.75, 3.05) is 11.9 Å². The summed E-state index contributed by atoms with van der Waals surface area (Å²) >= 11 is 0. The van der Waals surface area contributed by atoms with Gasteiger partial charge in [0.05, 0.1) is 4.90 Å². The molecule has 0 aliphatic rings. The van der Waals surface area contributed by atoms with Crippen molar-refractivity contribution in [3.05, 3.63) is 48.5 Å². The van der Waals surface area contributed by atoms with Crippen molar-refractivity contribution >= 4 is 27.4 Å². The van der Waals surface area contributed by atoms with Crippen LogP contribution in [0, 0.1) is 0 Å². The maximum Gasteiger partial charge on any atom is 0.252 e. The van der Waals surface area contributed by atoms with Gasteiger partial charge in [-0.15, -0.1) is 0 Å². The Bertz CT molecular complexity index is 1010. The predicted octanol–water partition coefficient (Wildman–Crippen LogP) is 0.994. The molecule has 3 rings (SSSR count). The lowest BCUT2D eigenvalue weighted by Crippen LogP contribution is -2.25. The van der Waals surface area contributed by atoms with Crippen LogP contribution in [0.1, 0.15) is 18.9 Å². The van der Waals surface area contributed by atoms with E-state index in [0.717, 1.165) is 5.56 Å². The molecule has 2 heterocycles. The SMILES string of the molecule is CC(=O)Nc1ccc(S(=O)(=O)NCCCc2cnc3ncnn3c2)cc1. The Kier molecular flexibility index (Phi) is 5.24. The zero-order chi connectivity index (χ0) is 18.6. The first-order valence-electron chi connectivity index (χ1n) is 7.96. The molecule has 3 aromatic rings. The third-order valence-corrected chi connectivity index (χ3v) is 5.08. The van der Waals surface area contributed by atoms with Crippen LogP contribution in [0.5, 0.6) is 0 Å². The number of benzene rings is 1. The van der Waals surface area contributed by atoms with Crippen LogP contribution in [-0.2, 0) is 21.2 Å². The van der Waals surface area contributed by atoms with Crippen molar-refractivity contribution in [3.63, 3.8) is 0 Å². The topological polar surface area (TPSA) is 118 Å². The van der Waals surface area contributed by atoms with Crippen molar-refractivity contribution in [1.82, 2.24) is 24.3 Å². The Morgan fingerprint density at radius 3 is 2.69 bits per heavy atom. The summed E-state index contributed by atoms with van der Waals surface area (Å²) < 4.78 is 28.7. The lowest BCUT2D eigenvalue weighted by molar-refractivity contribution is -0.114. The molecule has 0 radical (unpaired) electrons. The summed E-state index contributed by atoms with van der Waals surface area (Å²) in [5.41, 5.74) is 1.49. The van der Waals surface area contributed by atoms with Crippen molar-refractivity contribution in [2.24, 2.45) is 0 Å². The molecule has 0 aliphatic heterocycles. The van der Waals surface area contributed by atoms with E-state index in [4.69, 9.17) is 0 Å². The third-order valence-electron chi connectivity index (χ3n) is 3.61. The normalized spacial score (nSPS) is 11.6. The molecule has 0 aliphatic carbocycles. The third kappa shape index (κ3) is 4.41. The van der Waals surface area contributed by atoms with Crippen molar-refractivity contribution < 1.29 is 13.2 Å². The number of anilines is 1. The molecular weight excluding hydrogens is 356 g/mol. The summed E-state index contributed by atoms with van der Waals surface area (Å²) in [6.07, 6.45) is 6.24. The highest BCUT2D eigenvalue weighted by atomic mass is 32.2. The fourth-order valence-electron chi connectivity index (χ4n) is 2.39. The first kappa shape index (κ1) is 18.0. The summed E-state index contributed by atoms with van der Waals surface area (Å²) in [6.45, 7) is 1.69. The minimum absolute atomic E-state index is 0.150. The van der Waals surface area contributed by atoms with E-state index in [9.17, 15) is 13.2 Å². The molecule has 0 atom stereocenters. The predicted molar refractivity (Wildman–Crippen MR) is 95.0 cm³/mol. The second kappa shape index (κ2) is 7.58. The molecule has 1 aromatic carbocycles. The molecular formula is C16H18N6O3S. The quantitative estimate of drug-likeness (QED) is 0.596. The number of nitrogens with one attached hydrogen (secondary N) is 2. The summed E-state index contributed by atoms with van der Waals surface area (Å²) in [7, 11) is -3.59. The van der Waals surface area contributed by atoms with Gasteiger partial charge in [0.25, 0.3) is 5.78 Å². The van der Waals surface area contributed by atoms with Gasteiger partial charge in [-0.3, -0.25) is 4.79 Å². The monoisotopic (exact) mass is 374 g/mol. The summed E-state index contributed by atoms with van der Waals surface area (Å²) in [5.74, 6) is 0.314. The van der Waals surface area contributed by atoms with Crippen molar-refractivity contribution in [3.8, 4) is 0 Å². The molecule has 0 unspecified atom stereocenters. The van der Waals surface area contributed by atoms with Crippen LogP contribution in [0.4, 0.5) is 5.69 Å². The number of hydrogen-bond acceptors (Lipinski definition) is 6. The second-order valence-electron chi connectivity index (χ2n) is 5.67. The molecule has 26 heavy (non-hydrogen) atoms. The van der Waals surface area contributed by atoms with Crippen LogP contribution in [0.15, 0.2) is 47.9 Å². The van der Waals surface area contributed by atoms with Gasteiger partial charge in [-0.25, -0.2) is 22.6 Å². The van der Waals surface area contributed by atoms with Gasteiger partial charge in [0, 0.05) is 31.5 Å². The van der Waals surface area contributed by atoms with Crippen LogP contribution in [0.2, 0.25) is 0 Å². The fraction of sp³-hybridized carbons (Fsp3) is 0.250. The summed E-state index contributed by atoms with van der Waals surface area (Å²) in [5, 5.41) is 6.61. The van der Waals surface area contributed by atoms with E-state index in [-0.39, 0.29) is 10.8 Å². The van der Waals surface area contributed by atoms with E-state index in [1.807, 2.05) is 6.20 Å². The lowest BCUT2D eigenvalue weighted by atomic mass is 10.2. The largest absolute Gasteiger partial charge is 0.326 e. The van der Waals surface area contributed by atoms with Gasteiger partial charge in [0.15, 0.2) is 0 Å². The number of rotatable bonds is 7. The Morgan fingerprint density at radius 1 is 1.19 bits per heavy atom. The van der Waals surface area contributed by atoms with Gasteiger partial charge < -0.3 is 5.32 Å². The second-order valence-corrected chi connectivity index (χ2v) is 7.44. The van der Waals surface area contributed by atoms with E-state index in [1.165, 1.54) is 25.4 Å². The minimum Gasteiger partial charge on any atom is -0.326 e. The lowest BCUT2D eigenvalue weighted by Gasteiger charge is -2.08. The molecule has 9 nitrogen and oxygen atoms in total. The van der Waals surface area contributed by atoms with Crippen molar-refractivity contribution in [1.29, 1.82) is 0 Å². The number of carbonyl (C=O) groups is 1. The standard InChI is InChI=1S/C16H18N6O3S/c1-12(23)21-14-4-6-15(7-5-14)26(24,25)20-8-2-3-13-9-17-16-18-11-19-22(16)10-13/h4-7,9-11,20H,2-3,8H2,1H3,(H,21,23). The van der Waals surface area contributed by atoms with Crippen molar-refractivity contribution in [2.45, 2.75) is 24.7 Å². The molecule has 0 saturated heterocycles. The van der Waals surface area contributed by atoms with Crippen LogP contribution in [-0.4, -0.2) is 40.5 Å². The first-order valence-corrected chi connectivity index (χ1v) is 9.44. The number of nitrogens with zero attached hydrogens (tertiary/aromatic N) is 4. The van der Waals surface area contributed by atoms with Crippen LogP contribution >= 0.6 is 0 Å². The highest BCUT2D eigenvalue weighted by molar-refractivity contribution is 7.89. The van der Waals surface area contributed by atoms with Gasteiger partial charge in [-0.2, -0.15) is 10.1 Å². The van der Waals surface area contributed by atoms with E-state index in [2.05, 4.69) is 25.1 Å². The van der Waals surface area contributed by atoms with Gasteiger partial charge in [-0.05, 0) is 42.7 Å². The maximum absolute atomic E-state index is 12.3. The number of carbonyl (C=O) groups excluding carboxylic acids is 1. The van der Waals surface area contributed by atoms with Gasteiger partial charge in [-0.1, -0.05) is 0 Å². The molecule has 0 spiro atoms. The van der Waals surface area contributed by atoms with Gasteiger partial charge >= 0.3 is 0 Å². The van der Waals surface area contributed by atoms with E-state index in [0.29, 0.717) is 30.9 Å². The summed E-state index contributed by atoms with van der Waals surface area (Å²) in [4.78, 5) is 19.3.